The lowest BCUT2D eigenvalue weighted by atomic mass is 9.93. The number of carbonyl (C=O) groups excluding carboxylic acids is 1. The summed E-state index contributed by atoms with van der Waals surface area (Å²) in [5, 5.41) is 0.663. The van der Waals surface area contributed by atoms with E-state index in [1.165, 1.54) is 25.7 Å². The van der Waals surface area contributed by atoms with E-state index in [0.29, 0.717) is 30.0 Å². The second kappa shape index (κ2) is 6.88. The predicted molar refractivity (Wildman–Crippen MR) is 93.7 cm³/mol. The molecule has 3 rings (SSSR count). The fourth-order valence-corrected chi connectivity index (χ4v) is 4.98. The Morgan fingerprint density at radius 2 is 2.17 bits per heavy atom. The third-order valence-corrected chi connectivity index (χ3v) is 6.29. The van der Waals surface area contributed by atoms with Gasteiger partial charge in [0.1, 0.15) is 5.76 Å². The van der Waals surface area contributed by atoms with Gasteiger partial charge in [-0.05, 0) is 12.8 Å². The molecule has 1 aromatic rings. The fourth-order valence-electron chi connectivity index (χ4n) is 3.54. The van der Waals surface area contributed by atoms with Crippen LogP contribution in [0.4, 0.5) is 0 Å². The number of hydrogen-bond acceptors (Lipinski definition) is 4. The molecule has 23 heavy (non-hydrogen) atoms. The Hall–Kier alpha value is -0.970. The summed E-state index contributed by atoms with van der Waals surface area (Å²) in [4.78, 5) is 19.2. The number of thioether (sulfide) groups is 1. The summed E-state index contributed by atoms with van der Waals surface area (Å²) in [6, 6.07) is 0.463. The van der Waals surface area contributed by atoms with Gasteiger partial charge in [-0.15, -0.1) is 0 Å². The van der Waals surface area contributed by atoms with Crippen molar-refractivity contribution in [3.63, 3.8) is 0 Å². The molecule has 1 amide bonds. The summed E-state index contributed by atoms with van der Waals surface area (Å²) in [5.41, 5.74) is -0.0331. The SMILES string of the molecule is CC(C)(C)c1cnc(CCC(=O)N2CCS[C@H]3CCCC[C@H]32)o1. The number of aromatic nitrogens is 1. The molecule has 0 bridgehead atoms. The highest BCUT2D eigenvalue weighted by Gasteiger charge is 2.36. The normalized spacial score (nSPS) is 25.3. The Labute approximate surface area is 143 Å². The summed E-state index contributed by atoms with van der Waals surface area (Å²) in [6.07, 6.45) is 7.95. The smallest absolute Gasteiger partial charge is 0.223 e. The Balaban J connectivity index is 1.57. The molecule has 1 aliphatic carbocycles. The Kier molecular flexibility index (Phi) is 5.04. The van der Waals surface area contributed by atoms with Crippen molar-refractivity contribution in [3.8, 4) is 0 Å². The maximum absolute atomic E-state index is 12.7. The van der Waals surface area contributed by atoms with E-state index in [4.69, 9.17) is 4.42 Å². The molecule has 0 spiro atoms. The second-order valence-electron chi connectivity index (χ2n) is 7.72. The fraction of sp³-hybridized carbons (Fsp3) is 0.778. The summed E-state index contributed by atoms with van der Waals surface area (Å²) >= 11 is 2.06. The summed E-state index contributed by atoms with van der Waals surface area (Å²) in [7, 11) is 0. The molecule has 0 aromatic carbocycles. The number of rotatable bonds is 3. The van der Waals surface area contributed by atoms with Crippen LogP contribution in [-0.4, -0.2) is 39.4 Å². The lowest BCUT2D eigenvalue weighted by Crippen LogP contribution is -2.51. The lowest BCUT2D eigenvalue weighted by molar-refractivity contribution is -0.134. The van der Waals surface area contributed by atoms with E-state index >= 15 is 0 Å². The first kappa shape index (κ1) is 16.9. The molecule has 2 atom stereocenters. The minimum absolute atomic E-state index is 0.0331. The van der Waals surface area contributed by atoms with E-state index in [2.05, 4.69) is 42.4 Å². The van der Waals surface area contributed by atoms with Crippen LogP contribution in [0.5, 0.6) is 0 Å². The number of amides is 1. The average molecular weight is 337 g/mol. The van der Waals surface area contributed by atoms with Crippen LogP contribution in [0, 0.1) is 0 Å². The molecule has 1 saturated carbocycles. The first-order valence-electron chi connectivity index (χ1n) is 8.81. The zero-order valence-electron chi connectivity index (χ0n) is 14.5. The quantitative estimate of drug-likeness (QED) is 0.842. The van der Waals surface area contributed by atoms with Crippen LogP contribution in [0.25, 0.3) is 0 Å². The highest BCUT2D eigenvalue weighted by molar-refractivity contribution is 8.00. The summed E-state index contributed by atoms with van der Waals surface area (Å²) in [6.45, 7) is 7.23. The van der Waals surface area contributed by atoms with Crippen molar-refractivity contribution in [1.29, 1.82) is 0 Å². The molecule has 0 unspecified atom stereocenters. The first-order valence-corrected chi connectivity index (χ1v) is 9.86. The zero-order valence-corrected chi connectivity index (χ0v) is 15.3. The first-order chi connectivity index (χ1) is 10.9. The molecule has 0 N–H and O–H groups in total. The van der Waals surface area contributed by atoms with E-state index in [9.17, 15) is 4.79 Å². The number of carbonyl (C=O) groups is 1. The van der Waals surface area contributed by atoms with E-state index < -0.39 is 0 Å². The van der Waals surface area contributed by atoms with Gasteiger partial charge in [0.25, 0.3) is 0 Å². The molecule has 1 aromatic heterocycles. The third kappa shape index (κ3) is 3.93. The number of aryl methyl sites for hydroxylation is 1. The minimum atomic E-state index is -0.0331. The molecule has 0 radical (unpaired) electrons. The van der Waals surface area contributed by atoms with Gasteiger partial charge in [0.2, 0.25) is 5.91 Å². The molecule has 5 heteroatoms. The van der Waals surface area contributed by atoms with Crippen molar-refractivity contribution in [2.45, 2.75) is 76.0 Å². The highest BCUT2D eigenvalue weighted by Crippen LogP contribution is 2.35. The minimum Gasteiger partial charge on any atom is -0.445 e. The van der Waals surface area contributed by atoms with E-state index in [-0.39, 0.29) is 11.3 Å². The largest absolute Gasteiger partial charge is 0.445 e. The van der Waals surface area contributed by atoms with E-state index in [1.807, 2.05) is 0 Å². The van der Waals surface area contributed by atoms with Crippen LogP contribution < -0.4 is 0 Å². The number of oxazole rings is 1. The third-order valence-electron chi connectivity index (χ3n) is 4.90. The molecular formula is C18H28N2O2S. The lowest BCUT2D eigenvalue weighted by Gasteiger charge is -2.43. The molecule has 2 aliphatic rings. The van der Waals surface area contributed by atoms with Crippen LogP contribution in [-0.2, 0) is 16.6 Å². The van der Waals surface area contributed by atoms with Gasteiger partial charge >= 0.3 is 0 Å². The number of nitrogens with zero attached hydrogens (tertiary/aromatic N) is 2. The van der Waals surface area contributed by atoms with Gasteiger partial charge < -0.3 is 9.32 Å². The van der Waals surface area contributed by atoms with Gasteiger partial charge in [-0.25, -0.2) is 4.98 Å². The molecule has 2 fully saturated rings. The van der Waals surface area contributed by atoms with Crippen molar-refractivity contribution in [2.24, 2.45) is 0 Å². The Morgan fingerprint density at radius 3 is 2.91 bits per heavy atom. The second-order valence-corrected chi connectivity index (χ2v) is 9.06. The van der Waals surface area contributed by atoms with Crippen molar-refractivity contribution in [1.82, 2.24) is 9.88 Å². The zero-order chi connectivity index (χ0) is 16.4. The van der Waals surface area contributed by atoms with E-state index in [1.54, 1.807) is 6.20 Å². The molecular weight excluding hydrogens is 308 g/mol. The molecule has 1 aliphatic heterocycles. The topological polar surface area (TPSA) is 46.3 Å². The van der Waals surface area contributed by atoms with Crippen molar-refractivity contribution in [3.05, 3.63) is 17.8 Å². The van der Waals surface area contributed by atoms with Crippen LogP contribution in [0.1, 0.15) is 64.5 Å². The maximum atomic E-state index is 12.7. The van der Waals surface area contributed by atoms with Crippen molar-refractivity contribution < 1.29 is 9.21 Å². The van der Waals surface area contributed by atoms with Crippen LogP contribution in [0.3, 0.4) is 0 Å². The molecule has 1 saturated heterocycles. The van der Waals surface area contributed by atoms with Gasteiger partial charge in [0.15, 0.2) is 5.89 Å². The van der Waals surface area contributed by atoms with Gasteiger partial charge in [-0.1, -0.05) is 33.6 Å². The van der Waals surface area contributed by atoms with Crippen LogP contribution >= 0.6 is 11.8 Å². The Morgan fingerprint density at radius 1 is 1.39 bits per heavy atom. The standard InChI is InChI=1S/C18H28N2O2S/c1-18(2,3)15-12-19-16(22-15)8-9-17(21)20-10-11-23-14-7-5-4-6-13(14)20/h12-14H,4-11H2,1-3H3/t13-,14+/m1/s1. The highest BCUT2D eigenvalue weighted by atomic mass is 32.2. The molecule has 128 valence electrons. The summed E-state index contributed by atoms with van der Waals surface area (Å²) in [5.74, 6) is 2.94. The van der Waals surface area contributed by atoms with Gasteiger partial charge in [-0.2, -0.15) is 11.8 Å². The summed E-state index contributed by atoms with van der Waals surface area (Å²) < 4.78 is 5.81. The van der Waals surface area contributed by atoms with E-state index in [0.717, 1.165) is 18.1 Å². The van der Waals surface area contributed by atoms with Crippen molar-refractivity contribution in [2.75, 3.05) is 12.3 Å². The number of fused-ring (bicyclic) bond motifs is 1. The van der Waals surface area contributed by atoms with Gasteiger partial charge in [0, 0.05) is 41.8 Å². The van der Waals surface area contributed by atoms with Crippen molar-refractivity contribution >= 4 is 17.7 Å². The van der Waals surface area contributed by atoms with Gasteiger partial charge in [0.05, 0.1) is 6.20 Å². The molecule has 2 heterocycles. The average Bonchev–Trinajstić information content (AvgIpc) is 3.01. The molecule has 4 nitrogen and oxygen atoms in total. The maximum Gasteiger partial charge on any atom is 0.223 e. The van der Waals surface area contributed by atoms with Crippen LogP contribution in [0.2, 0.25) is 0 Å². The Bertz CT molecular complexity index is 547. The van der Waals surface area contributed by atoms with Gasteiger partial charge in [-0.3, -0.25) is 4.79 Å². The van der Waals surface area contributed by atoms with Crippen LogP contribution in [0.15, 0.2) is 10.6 Å². The predicted octanol–water partition coefficient (Wildman–Crippen LogP) is 3.79. The number of hydrogen-bond donors (Lipinski definition) is 0. The monoisotopic (exact) mass is 336 g/mol.